The first kappa shape index (κ1) is 64.6. The van der Waals surface area contributed by atoms with Gasteiger partial charge < -0.3 is 66.8 Å². The van der Waals surface area contributed by atoms with Crippen LogP contribution in [0.5, 0.6) is 0 Å². The van der Waals surface area contributed by atoms with Crippen molar-refractivity contribution in [2.75, 3.05) is 79.0 Å². The minimum Gasteiger partial charge on any atom is -0.481 e. The molecule has 0 aliphatic heterocycles. The molecule has 0 saturated heterocycles. The van der Waals surface area contributed by atoms with Gasteiger partial charge in [0.1, 0.15) is 25.4 Å². The summed E-state index contributed by atoms with van der Waals surface area (Å²) >= 11 is 0. The van der Waals surface area contributed by atoms with Gasteiger partial charge in [-0.15, -0.1) is 0 Å². The number of carbonyl (C=O) groups is 8. The second-order valence-corrected chi connectivity index (χ2v) is 17.1. The van der Waals surface area contributed by atoms with Crippen molar-refractivity contribution in [2.24, 2.45) is 5.73 Å². The fourth-order valence-corrected chi connectivity index (χ4v) is 6.79. The third kappa shape index (κ3) is 47.0. The van der Waals surface area contributed by atoms with E-state index in [-0.39, 0.29) is 121 Å². The number of rotatable bonds is 50. The van der Waals surface area contributed by atoms with E-state index in [0.717, 1.165) is 57.8 Å². The van der Waals surface area contributed by atoms with E-state index in [2.05, 4.69) is 38.8 Å². The molecule has 2 unspecified atom stereocenters. The second kappa shape index (κ2) is 47.2. The maximum Gasteiger partial charge on any atom is 0.326 e. The van der Waals surface area contributed by atoms with Crippen molar-refractivity contribution in [2.45, 2.75) is 180 Å². The van der Waals surface area contributed by atoms with Gasteiger partial charge in [0, 0.05) is 58.3 Å². The zero-order chi connectivity index (χ0) is 51.0. The maximum atomic E-state index is 12.2. The normalized spacial score (nSPS) is 11.9. The standard InChI is InChI=1S/C48H89N7O14/c1-2-3-18-27-50-42(57)22-19-28-52-43(58)26-25-39(48(64)65)54-46(61)38-69-33-32-66-31-30-53-45(60)37-68-35-34-67-36-40(49)55-44(59)23-20-29-51-41(56)21-16-14-12-10-8-6-4-5-7-9-11-13-15-17-24-47(62)63/h39-40H,2-38,49H2,1H3,(H,50,57)(H,51,56)(H,52,58)(H,53,60)(H,54,61)(H,55,59)(H,62,63)(H,64,65). The molecule has 69 heavy (non-hydrogen) atoms. The first-order chi connectivity index (χ1) is 33.3. The van der Waals surface area contributed by atoms with Crippen molar-refractivity contribution in [3.05, 3.63) is 0 Å². The molecule has 6 amide bonds. The lowest BCUT2D eigenvalue weighted by Crippen LogP contribution is -2.45. The molecule has 21 heteroatoms. The van der Waals surface area contributed by atoms with Gasteiger partial charge in [0.15, 0.2) is 0 Å². The zero-order valence-corrected chi connectivity index (χ0v) is 41.7. The Morgan fingerprint density at radius 3 is 1.39 bits per heavy atom. The molecular weight excluding hydrogens is 899 g/mol. The molecule has 400 valence electrons. The number of hydrogen-bond acceptors (Lipinski definition) is 13. The average molecular weight is 988 g/mol. The van der Waals surface area contributed by atoms with Crippen LogP contribution in [0.3, 0.4) is 0 Å². The molecule has 0 aromatic rings. The molecule has 0 spiro atoms. The fourth-order valence-electron chi connectivity index (χ4n) is 6.79. The molecule has 10 N–H and O–H groups in total. The van der Waals surface area contributed by atoms with E-state index < -0.39 is 36.7 Å². The molecule has 0 heterocycles. The van der Waals surface area contributed by atoms with E-state index in [9.17, 15) is 43.5 Å². The van der Waals surface area contributed by atoms with Gasteiger partial charge >= 0.3 is 11.9 Å². The lowest BCUT2D eigenvalue weighted by molar-refractivity contribution is -0.143. The zero-order valence-electron chi connectivity index (χ0n) is 41.7. The topological polar surface area (TPSA) is 312 Å². The largest absolute Gasteiger partial charge is 0.481 e. The molecule has 0 rings (SSSR count). The predicted octanol–water partition coefficient (Wildman–Crippen LogP) is 3.35. The van der Waals surface area contributed by atoms with Crippen molar-refractivity contribution in [3.8, 4) is 0 Å². The van der Waals surface area contributed by atoms with Crippen molar-refractivity contribution >= 4 is 47.4 Å². The predicted molar refractivity (Wildman–Crippen MR) is 260 cm³/mol. The Hall–Kier alpha value is -4.44. The number of carbonyl (C=O) groups excluding carboxylic acids is 6. The molecular formula is C48H89N7O14. The first-order valence-corrected chi connectivity index (χ1v) is 25.5. The summed E-state index contributed by atoms with van der Waals surface area (Å²) in [4.78, 5) is 94.5. The van der Waals surface area contributed by atoms with Crippen LogP contribution in [0.15, 0.2) is 0 Å². The van der Waals surface area contributed by atoms with E-state index in [1.807, 2.05) is 0 Å². The molecule has 0 radical (unpaired) electrons. The lowest BCUT2D eigenvalue weighted by Gasteiger charge is -2.15. The van der Waals surface area contributed by atoms with Crippen molar-refractivity contribution in [1.29, 1.82) is 0 Å². The van der Waals surface area contributed by atoms with Crippen molar-refractivity contribution in [1.82, 2.24) is 31.9 Å². The maximum absolute atomic E-state index is 12.2. The van der Waals surface area contributed by atoms with Gasteiger partial charge in [-0.3, -0.25) is 33.6 Å². The fraction of sp³-hybridized carbons (Fsp3) is 0.833. The monoisotopic (exact) mass is 988 g/mol. The van der Waals surface area contributed by atoms with Crippen molar-refractivity contribution in [3.63, 3.8) is 0 Å². The van der Waals surface area contributed by atoms with Gasteiger partial charge in [-0.05, 0) is 38.5 Å². The Kier molecular flexibility index (Phi) is 44.2. The average Bonchev–Trinajstić information content (AvgIpc) is 3.31. The highest BCUT2D eigenvalue weighted by Crippen LogP contribution is 2.14. The second-order valence-electron chi connectivity index (χ2n) is 17.1. The quantitative estimate of drug-likeness (QED) is 0.0312. The van der Waals surface area contributed by atoms with Gasteiger partial charge in [0.25, 0.3) is 0 Å². The highest BCUT2D eigenvalue weighted by molar-refractivity contribution is 5.85. The van der Waals surface area contributed by atoms with E-state index in [1.165, 1.54) is 51.4 Å². The van der Waals surface area contributed by atoms with Crippen LogP contribution in [0.2, 0.25) is 0 Å². The van der Waals surface area contributed by atoms with Gasteiger partial charge in [0.2, 0.25) is 35.4 Å². The molecule has 2 atom stereocenters. The Morgan fingerprint density at radius 2 is 0.855 bits per heavy atom. The highest BCUT2D eigenvalue weighted by Gasteiger charge is 2.21. The van der Waals surface area contributed by atoms with Crippen LogP contribution in [-0.4, -0.2) is 149 Å². The Bertz CT molecular complexity index is 1390. The van der Waals surface area contributed by atoms with Crippen LogP contribution >= 0.6 is 0 Å². The molecule has 0 aromatic carbocycles. The summed E-state index contributed by atoms with van der Waals surface area (Å²) in [6, 6.07) is -1.28. The Morgan fingerprint density at radius 1 is 0.420 bits per heavy atom. The summed E-state index contributed by atoms with van der Waals surface area (Å²) in [5.41, 5.74) is 5.92. The summed E-state index contributed by atoms with van der Waals surface area (Å²) in [6.45, 7) is 3.66. The third-order valence-corrected chi connectivity index (χ3v) is 10.7. The number of unbranched alkanes of at least 4 members (excludes halogenated alkanes) is 15. The van der Waals surface area contributed by atoms with Gasteiger partial charge in [-0.2, -0.15) is 0 Å². The van der Waals surface area contributed by atoms with Crippen molar-refractivity contribution < 1.29 is 67.5 Å². The molecule has 21 nitrogen and oxygen atoms in total. The van der Waals surface area contributed by atoms with E-state index in [1.54, 1.807) is 0 Å². The highest BCUT2D eigenvalue weighted by atomic mass is 16.5. The number of nitrogens with one attached hydrogen (secondary N) is 6. The van der Waals surface area contributed by atoms with Crippen LogP contribution in [0.25, 0.3) is 0 Å². The molecule has 0 saturated carbocycles. The minimum absolute atomic E-state index is 0.00454. The first-order valence-electron chi connectivity index (χ1n) is 25.5. The molecule has 0 aliphatic rings. The van der Waals surface area contributed by atoms with Crippen LogP contribution in [0.1, 0.15) is 167 Å². The van der Waals surface area contributed by atoms with Gasteiger partial charge in [-0.25, -0.2) is 4.79 Å². The number of aliphatic carboxylic acids is 2. The number of carboxylic acid groups (broad SMARTS) is 2. The smallest absolute Gasteiger partial charge is 0.326 e. The number of ether oxygens (including phenoxy) is 4. The van der Waals surface area contributed by atoms with Gasteiger partial charge in [0.05, 0.1) is 39.6 Å². The Labute approximate surface area is 410 Å². The summed E-state index contributed by atoms with van der Waals surface area (Å²) in [6.07, 6.45) is 20.1. The summed E-state index contributed by atoms with van der Waals surface area (Å²) in [5, 5.41) is 34.0. The summed E-state index contributed by atoms with van der Waals surface area (Å²) in [7, 11) is 0. The van der Waals surface area contributed by atoms with E-state index in [0.29, 0.717) is 32.4 Å². The van der Waals surface area contributed by atoms with E-state index >= 15 is 0 Å². The van der Waals surface area contributed by atoms with Crippen LogP contribution in [0.4, 0.5) is 0 Å². The summed E-state index contributed by atoms with van der Waals surface area (Å²) < 4.78 is 21.3. The SMILES string of the molecule is CCCCCNC(=O)CCCNC(=O)CCC(NC(=O)COCCOCCNC(=O)COCCOCC(N)NC(=O)CCCNC(=O)CCCCCCCCCCCCCCCCC(=O)O)C(=O)O. The minimum atomic E-state index is -1.28. The molecule has 0 aromatic heterocycles. The third-order valence-electron chi connectivity index (χ3n) is 10.7. The van der Waals surface area contributed by atoms with Gasteiger partial charge in [-0.1, -0.05) is 96.8 Å². The number of hydrogen-bond donors (Lipinski definition) is 9. The van der Waals surface area contributed by atoms with E-state index in [4.69, 9.17) is 29.8 Å². The Balaban J connectivity index is 3.68. The van der Waals surface area contributed by atoms with Crippen LogP contribution < -0.4 is 37.6 Å². The number of amides is 6. The number of carboxylic acids is 2. The molecule has 0 fully saturated rings. The van der Waals surface area contributed by atoms with Crippen LogP contribution in [0, 0.1) is 0 Å². The summed E-state index contributed by atoms with van der Waals surface area (Å²) in [5.74, 6) is -3.73. The molecule has 0 bridgehead atoms. The lowest BCUT2D eigenvalue weighted by atomic mass is 10.0. The number of nitrogens with two attached hydrogens (primary N) is 1. The van der Waals surface area contributed by atoms with Crippen LogP contribution in [-0.2, 0) is 57.3 Å². The molecule has 0 aliphatic carbocycles.